The Morgan fingerprint density at radius 3 is 2.54 bits per heavy atom. The number of nitrogens with zero attached hydrogens (tertiary/aromatic N) is 3. The molecule has 7 nitrogen and oxygen atoms in total. The third-order valence-corrected chi connectivity index (χ3v) is 6.22. The second-order valence-corrected chi connectivity index (χ2v) is 9.10. The van der Waals surface area contributed by atoms with E-state index in [9.17, 15) is 14.4 Å². The Balaban J connectivity index is 1.70. The number of piperidine rings is 1. The first-order valence-corrected chi connectivity index (χ1v) is 9.99. The van der Waals surface area contributed by atoms with Crippen LogP contribution in [-0.2, 0) is 15.0 Å². The van der Waals surface area contributed by atoms with Crippen LogP contribution >= 0.6 is 11.8 Å². The second-order valence-electron chi connectivity index (χ2n) is 8.11. The Morgan fingerprint density at radius 2 is 1.96 bits per heavy atom. The van der Waals surface area contributed by atoms with Crippen molar-refractivity contribution in [3.05, 3.63) is 22.1 Å². The summed E-state index contributed by atoms with van der Waals surface area (Å²) >= 11 is 1.53. The van der Waals surface area contributed by atoms with Crippen LogP contribution in [0.4, 0.5) is 0 Å². The summed E-state index contributed by atoms with van der Waals surface area (Å²) in [7, 11) is 0. The average molecular weight is 378 g/mol. The zero-order chi connectivity index (χ0) is 19.1. The predicted molar refractivity (Wildman–Crippen MR) is 100 cm³/mol. The number of hydrogen-bond donors (Lipinski definition) is 1. The van der Waals surface area contributed by atoms with Gasteiger partial charge in [0.25, 0.3) is 5.56 Å². The van der Waals surface area contributed by atoms with E-state index in [2.05, 4.69) is 4.98 Å². The maximum atomic E-state index is 12.6. The van der Waals surface area contributed by atoms with Crippen LogP contribution in [0.25, 0.3) is 0 Å². The predicted octanol–water partition coefficient (Wildman–Crippen LogP) is 1.30. The molecule has 3 heterocycles. The number of carbonyl (C=O) groups excluding carboxylic acids is 2. The fourth-order valence-corrected chi connectivity index (χ4v) is 4.58. The molecule has 1 saturated heterocycles. The summed E-state index contributed by atoms with van der Waals surface area (Å²) in [6.07, 6.45) is 1.53. The molecule has 142 valence electrons. The van der Waals surface area contributed by atoms with Crippen molar-refractivity contribution >= 4 is 23.6 Å². The van der Waals surface area contributed by atoms with Crippen molar-refractivity contribution in [3.63, 3.8) is 0 Å². The lowest BCUT2D eigenvalue weighted by atomic mass is 9.92. The molecule has 1 aromatic rings. The Labute approximate surface area is 157 Å². The van der Waals surface area contributed by atoms with Crippen molar-refractivity contribution in [2.75, 3.05) is 18.8 Å². The number of aromatic nitrogens is 2. The molecule has 2 aliphatic heterocycles. The molecule has 8 heteroatoms. The summed E-state index contributed by atoms with van der Waals surface area (Å²) in [4.78, 5) is 42.9. The van der Waals surface area contributed by atoms with Crippen molar-refractivity contribution in [2.24, 2.45) is 11.7 Å². The van der Waals surface area contributed by atoms with Crippen LogP contribution < -0.4 is 11.3 Å². The van der Waals surface area contributed by atoms with E-state index >= 15 is 0 Å². The van der Waals surface area contributed by atoms with E-state index in [0.29, 0.717) is 36.8 Å². The molecule has 1 unspecified atom stereocenters. The number of nitrogens with two attached hydrogens (primary N) is 1. The molecular formula is C18H26N4O3S. The minimum absolute atomic E-state index is 0.0261. The maximum absolute atomic E-state index is 12.6. The van der Waals surface area contributed by atoms with Crippen molar-refractivity contribution in [2.45, 2.75) is 56.6 Å². The van der Waals surface area contributed by atoms with E-state index in [1.54, 1.807) is 15.5 Å². The fourth-order valence-electron chi connectivity index (χ4n) is 3.43. The number of fused-ring (bicyclic) bond motifs is 1. The Bertz CT molecular complexity index is 776. The van der Waals surface area contributed by atoms with Crippen LogP contribution in [0.1, 0.15) is 51.8 Å². The number of hydrogen-bond acceptors (Lipinski definition) is 5. The van der Waals surface area contributed by atoms with E-state index in [1.807, 2.05) is 20.8 Å². The van der Waals surface area contributed by atoms with Gasteiger partial charge >= 0.3 is 0 Å². The molecular weight excluding hydrogens is 352 g/mol. The van der Waals surface area contributed by atoms with Gasteiger partial charge in [-0.2, -0.15) is 0 Å². The van der Waals surface area contributed by atoms with E-state index in [1.165, 1.54) is 11.8 Å². The number of likely N-dealkylation sites (tertiary alicyclic amines) is 1. The van der Waals surface area contributed by atoms with E-state index in [-0.39, 0.29) is 41.2 Å². The van der Waals surface area contributed by atoms with E-state index < -0.39 is 0 Å². The van der Waals surface area contributed by atoms with Gasteiger partial charge in [-0.25, -0.2) is 4.98 Å². The molecule has 3 rings (SSSR count). The summed E-state index contributed by atoms with van der Waals surface area (Å²) in [6.45, 7) is 7.19. The maximum Gasteiger partial charge on any atom is 0.254 e. The van der Waals surface area contributed by atoms with Crippen LogP contribution in [0.2, 0.25) is 0 Å². The molecule has 1 fully saturated rings. The molecule has 0 spiro atoms. The largest absolute Gasteiger partial charge is 0.369 e. The summed E-state index contributed by atoms with van der Waals surface area (Å²) in [6, 6.07) is 1.43. The normalized spacial score (nSPS) is 20.9. The highest BCUT2D eigenvalue weighted by molar-refractivity contribution is 7.99. The first kappa shape index (κ1) is 18.9. The molecule has 26 heavy (non-hydrogen) atoms. The third-order valence-electron chi connectivity index (χ3n) is 5.12. The number of carbonyl (C=O) groups is 2. The highest BCUT2D eigenvalue weighted by atomic mass is 32.2. The van der Waals surface area contributed by atoms with E-state index in [0.717, 1.165) is 5.69 Å². The number of amides is 2. The summed E-state index contributed by atoms with van der Waals surface area (Å²) in [5.41, 5.74) is 5.85. The molecule has 1 atom stereocenters. The Hall–Kier alpha value is -1.83. The van der Waals surface area contributed by atoms with Crippen LogP contribution in [0, 0.1) is 5.92 Å². The van der Waals surface area contributed by atoms with Crippen molar-refractivity contribution in [3.8, 4) is 0 Å². The van der Waals surface area contributed by atoms with Gasteiger partial charge in [-0.1, -0.05) is 32.5 Å². The number of primary amides is 1. The molecule has 0 bridgehead atoms. The zero-order valence-electron chi connectivity index (χ0n) is 15.5. The molecule has 0 aliphatic carbocycles. The van der Waals surface area contributed by atoms with Crippen molar-refractivity contribution < 1.29 is 9.59 Å². The number of rotatable bonds is 3. The van der Waals surface area contributed by atoms with Crippen LogP contribution in [0.5, 0.6) is 0 Å². The second kappa shape index (κ2) is 7.06. The van der Waals surface area contributed by atoms with Gasteiger partial charge in [-0.15, -0.1) is 0 Å². The van der Waals surface area contributed by atoms with Gasteiger partial charge in [-0.3, -0.25) is 19.0 Å². The lowest BCUT2D eigenvalue weighted by Gasteiger charge is -2.31. The van der Waals surface area contributed by atoms with Crippen LogP contribution in [-0.4, -0.2) is 45.1 Å². The molecule has 0 aromatic carbocycles. The van der Waals surface area contributed by atoms with E-state index in [4.69, 9.17) is 5.73 Å². The van der Waals surface area contributed by atoms with Crippen molar-refractivity contribution in [1.82, 2.24) is 14.5 Å². The molecule has 0 radical (unpaired) electrons. The lowest BCUT2D eigenvalue weighted by molar-refractivity contribution is -0.135. The zero-order valence-corrected chi connectivity index (χ0v) is 16.3. The van der Waals surface area contributed by atoms with Crippen molar-refractivity contribution in [1.29, 1.82) is 0 Å². The van der Waals surface area contributed by atoms with Gasteiger partial charge in [0.2, 0.25) is 11.8 Å². The topological polar surface area (TPSA) is 98.3 Å². The summed E-state index contributed by atoms with van der Waals surface area (Å²) < 4.78 is 1.66. The van der Waals surface area contributed by atoms with Gasteiger partial charge in [0, 0.05) is 42.7 Å². The molecule has 2 N–H and O–H groups in total. The fraction of sp³-hybridized carbons (Fsp3) is 0.667. The quantitative estimate of drug-likeness (QED) is 0.800. The number of thioether (sulfide) groups is 1. The smallest absolute Gasteiger partial charge is 0.254 e. The van der Waals surface area contributed by atoms with Crippen LogP contribution in [0.3, 0.4) is 0 Å². The first-order valence-electron chi connectivity index (χ1n) is 9.01. The SMILES string of the molecule is CC(C)(C)c1cc(=O)n2c(n1)SCC2CC(=O)N1CCC(C(N)=O)CC1. The Morgan fingerprint density at radius 1 is 1.31 bits per heavy atom. The summed E-state index contributed by atoms with van der Waals surface area (Å²) in [5, 5.41) is 0.702. The third kappa shape index (κ3) is 3.79. The minimum atomic E-state index is -0.287. The molecule has 2 amide bonds. The summed E-state index contributed by atoms with van der Waals surface area (Å²) in [5.74, 6) is 0.285. The van der Waals surface area contributed by atoms with Gasteiger partial charge in [0.15, 0.2) is 5.16 Å². The standard InChI is InChI=1S/C18H26N4O3S/c1-18(2,3)13-9-15(24)22-12(10-26-17(22)20-13)8-14(23)21-6-4-11(5-7-21)16(19)25/h9,11-12H,4-8,10H2,1-3H3,(H2,19,25). The lowest BCUT2D eigenvalue weighted by Crippen LogP contribution is -2.42. The Kier molecular flexibility index (Phi) is 5.14. The molecule has 2 aliphatic rings. The minimum Gasteiger partial charge on any atom is -0.369 e. The van der Waals surface area contributed by atoms with Gasteiger partial charge < -0.3 is 10.6 Å². The first-order chi connectivity index (χ1) is 12.2. The highest BCUT2D eigenvalue weighted by Crippen LogP contribution is 2.34. The van der Waals surface area contributed by atoms with Gasteiger partial charge in [0.1, 0.15) is 0 Å². The van der Waals surface area contributed by atoms with Crippen LogP contribution in [0.15, 0.2) is 16.0 Å². The average Bonchev–Trinajstić information content (AvgIpc) is 2.97. The van der Waals surface area contributed by atoms with Gasteiger partial charge in [-0.05, 0) is 12.8 Å². The molecule has 0 saturated carbocycles. The highest BCUT2D eigenvalue weighted by Gasteiger charge is 2.32. The monoisotopic (exact) mass is 378 g/mol. The van der Waals surface area contributed by atoms with Gasteiger partial charge in [0.05, 0.1) is 11.7 Å². The molecule has 1 aromatic heterocycles.